The Labute approximate surface area is 108 Å². The smallest absolute Gasteiger partial charge is 0.224 e. The Bertz CT molecular complexity index is 367. The molecule has 100 valence electrons. The number of aryl methyl sites for hydroxylation is 1. The summed E-state index contributed by atoms with van der Waals surface area (Å²) in [6, 6.07) is 7.75. The zero-order chi connectivity index (χ0) is 13.2. The van der Waals surface area contributed by atoms with Crippen molar-refractivity contribution >= 4 is 11.6 Å². The molecule has 0 aliphatic rings. The third-order valence-electron chi connectivity index (χ3n) is 2.69. The molecule has 4 N–H and O–H groups in total. The van der Waals surface area contributed by atoms with E-state index in [2.05, 4.69) is 5.32 Å². The molecule has 0 aromatic heterocycles. The fourth-order valence-corrected chi connectivity index (χ4v) is 1.74. The molecule has 18 heavy (non-hydrogen) atoms. The molecule has 0 aliphatic carbocycles. The summed E-state index contributed by atoms with van der Waals surface area (Å²) in [5.74, 6) is 0.0303. The fourth-order valence-electron chi connectivity index (χ4n) is 1.74. The number of nitrogens with two attached hydrogens (primary N) is 1. The van der Waals surface area contributed by atoms with Crippen molar-refractivity contribution < 1.29 is 9.90 Å². The minimum Gasteiger partial charge on any atom is -0.396 e. The van der Waals surface area contributed by atoms with Gasteiger partial charge in [0.15, 0.2) is 0 Å². The van der Waals surface area contributed by atoms with Crippen LogP contribution in [0.25, 0.3) is 0 Å². The summed E-state index contributed by atoms with van der Waals surface area (Å²) in [4.78, 5) is 11.6. The van der Waals surface area contributed by atoms with Crippen molar-refractivity contribution in [1.82, 2.24) is 0 Å². The maximum Gasteiger partial charge on any atom is 0.224 e. The maximum absolute atomic E-state index is 11.6. The van der Waals surface area contributed by atoms with Crippen molar-refractivity contribution in [1.29, 1.82) is 0 Å². The Balaban J connectivity index is 2.43. The topological polar surface area (TPSA) is 75.4 Å². The number of carbonyl (C=O) groups excluding carboxylic acids is 1. The number of hydrogen-bond acceptors (Lipinski definition) is 3. The highest BCUT2D eigenvalue weighted by Gasteiger charge is 2.02. The van der Waals surface area contributed by atoms with Gasteiger partial charge in [-0.05, 0) is 49.9 Å². The van der Waals surface area contributed by atoms with Crippen LogP contribution in [0.2, 0.25) is 0 Å². The molecule has 0 bridgehead atoms. The SMILES string of the molecule is NCCCCC(=O)Nc1cccc(CCCO)c1. The van der Waals surface area contributed by atoms with Crippen molar-refractivity contribution in [2.24, 2.45) is 5.73 Å². The third-order valence-corrected chi connectivity index (χ3v) is 2.69. The summed E-state index contributed by atoms with van der Waals surface area (Å²) in [5, 5.41) is 11.7. The van der Waals surface area contributed by atoms with Crippen LogP contribution >= 0.6 is 0 Å². The lowest BCUT2D eigenvalue weighted by atomic mass is 10.1. The molecule has 1 aromatic rings. The fraction of sp³-hybridized carbons (Fsp3) is 0.500. The minimum absolute atomic E-state index is 0.0303. The number of rotatable bonds is 8. The van der Waals surface area contributed by atoms with Gasteiger partial charge in [0.05, 0.1) is 0 Å². The summed E-state index contributed by atoms with van der Waals surface area (Å²) in [7, 11) is 0. The molecule has 1 amide bonds. The van der Waals surface area contributed by atoms with Gasteiger partial charge in [-0.15, -0.1) is 0 Å². The van der Waals surface area contributed by atoms with Gasteiger partial charge < -0.3 is 16.2 Å². The van der Waals surface area contributed by atoms with Crippen LogP contribution in [0.3, 0.4) is 0 Å². The van der Waals surface area contributed by atoms with E-state index in [0.29, 0.717) is 13.0 Å². The van der Waals surface area contributed by atoms with Gasteiger partial charge in [-0.1, -0.05) is 12.1 Å². The van der Waals surface area contributed by atoms with Crippen LogP contribution < -0.4 is 11.1 Å². The maximum atomic E-state index is 11.6. The normalized spacial score (nSPS) is 10.3. The molecule has 1 rings (SSSR count). The van der Waals surface area contributed by atoms with E-state index in [9.17, 15) is 4.79 Å². The molecule has 0 heterocycles. The van der Waals surface area contributed by atoms with Crippen LogP contribution in [0.1, 0.15) is 31.2 Å². The summed E-state index contributed by atoms with van der Waals surface area (Å²) in [5.41, 5.74) is 7.33. The van der Waals surface area contributed by atoms with Crippen molar-refractivity contribution in [2.75, 3.05) is 18.5 Å². The van der Waals surface area contributed by atoms with Crippen molar-refractivity contribution in [3.8, 4) is 0 Å². The molecule has 0 radical (unpaired) electrons. The van der Waals surface area contributed by atoms with E-state index in [4.69, 9.17) is 10.8 Å². The van der Waals surface area contributed by atoms with E-state index in [1.54, 1.807) is 0 Å². The van der Waals surface area contributed by atoms with Crippen LogP contribution in [0.4, 0.5) is 5.69 Å². The molecule has 1 aromatic carbocycles. The van der Waals surface area contributed by atoms with E-state index in [-0.39, 0.29) is 12.5 Å². The van der Waals surface area contributed by atoms with Crippen molar-refractivity contribution in [3.05, 3.63) is 29.8 Å². The second-order valence-electron chi connectivity index (χ2n) is 4.32. The number of hydrogen-bond donors (Lipinski definition) is 3. The van der Waals surface area contributed by atoms with E-state index in [1.807, 2.05) is 24.3 Å². The zero-order valence-electron chi connectivity index (χ0n) is 10.7. The molecular weight excluding hydrogens is 228 g/mol. The Kier molecular flexibility index (Phi) is 7.06. The summed E-state index contributed by atoms with van der Waals surface area (Å²) in [6.07, 6.45) is 3.79. The highest BCUT2D eigenvalue weighted by atomic mass is 16.2. The zero-order valence-corrected chi connectivity index (χ0v) is 10.7. The highest BCUT2D eigenvalue weighted by molar-refractivity contribution is 5.90. The lowest BCUT2D eigenvalue weighted by molar-refractivity contribution is -0.116. The molecule has 0 aliphatic heterocycles. The van der Waals surface area contributed by atoms with Crippen LogP contribution in [0.5, 0.6) is 0 Å². The molecular formula is C14H22N2O2. The number of nitrogens with one attached hydrogen (secondary N) is 1. The van der Waals surface area contributed by atoms with Gasteiger partial charge in [-0.25, -0.2) is 0 Å². The summed E-state index contributed by atoms with van der Waals surface area (Å²) < 4.78 is 0. The standard InChI is InChI=1S/C14H22N2O2/c15-9-2-1-8-14(18)16-13-7-3-5-12(11-13)6-4-10-17/h3,5,7,11,17H,1-2,4,6,8-10,15H2,(H,16,18). The molecule has 0 saturated carbocycles. The lowest BCUT2D eigenvalue weighted by Gasteiger charge is -2.07. The highest BCUT2D eigenvalue weighted by Crippen LogP contribution is 2.12. The first-order valence-electron chi connectivity index (χ1n) is 6.46. The number of carbonyl (C=O) groups is 1. The Morgan fingerprint density at radius 2 is 2.11 bits per heavy atom. The first-order chi connectivity index (χ1) is 8.76. The third kappa shape index (κ3) is 5.80. The first-order valence-corrected chi connectivity index (χ1v) is 6.46. The number of aliphatic hydroxyl groups excluding tert-OH is 1. The van der Waals surface area contributed by atoms with Gasteiger partial charge in [0.1, 0.15) is 0 Å². The number of amides is 1. The van der Waals surface area contributed by atoms with Crippen molar-refractivity contribution in [2.45, 2.75) is 32.1 Å². The van der Waals surface area contributed by atoms with Gasteiger partial charge in [0, 0.05) is 18.7 Å². The molecule has 0 spiro atoms. The Morgan fingerprint density at radius 1 is 1.28 bits per heavy atom. The van der Waals surface area contributed by atoms with Gasteiger partial charge in [-0.3, -0.25) is 4.79 Å². The minimum atomic E-state index is 0.0303. The second kappa shape index (κ2) is 8.66. The quantitative estimate of drug-likeness (QED) is 0.614. The molecule has 0 fully saturated rings. The predicted octanol–water partition coefficient (Wildman–Crippen LogP) is 1.68. The second-order valence-corrected chi connectivity index (χ2v) is 4.32. The van der Waals surface area contributed by atoms with Gasteiger partial charge in [0.2, 0.25) is 5.91 Å². The molecule has 4 nitrogen and oxygen atoms in total. The summed E-state index contributed by atoms with van der Waals surface area (Å²) in [6.45, 7) is 0.819. The number of benzene rings is 1. The molecule has 0 atom stereocenters. The molecule has 0 saturated heterocycles. The van der Waals surface area contributed by atoms with Gasteiger partial charge in [0.25, 0.3) is 0 Å². The average Bonchev–Trinajstić information content (AvgIpc) is 2.37. The average molecular weight is 250 g/mol. The Morgan fingerprint density at radius 3 is 2.83 bits per heavy atom. The van der Waals surface area contributed by atoms with Crippen LogP contribution in [0, 0.1) is 0 Å². The Hall–Kier alpha value is -1.39. The summed E-state index contributed by atoms with van der Waals surface area (Å²) >= 11 is 0. The predicted molar refractivity (Wildman–Crippen MR) is 73.4 cm³/mol. The monoisotopic (exact) mass is 250 g/mol. The number of anilines is 1. The lowest BCUT2D eigenvalue weighted by Crippen LogP contribution is -2.12. The van der Waals surface area contributed by atoms with Crippen LogP contribution in [-0.4, -0.2) is 24.2 Å². The van der Waals surface area contributed by atoms with E-state index < -0.39 is 0 Å². The van der Waals surface area contributed by atoms with Crippen LogP contribution in [0.15, 0.2) is 24.3 Å². The largest absolute Gasteiger partial charge is 0.396 e. The van der Waals surface area contributed by atoms with E-state index in [1.165, 1.54) is 0 Å². The van der Waals surface area contributed by atoms with Gasteiger partial charge >= 0.3 is 0 Å². The molecule has 0 unspecified atom stereocenters. The van der Waals surface area contributed by atoms with Crippen LogP contribution in [-0.2, 0) is 11.2 Å². The van der Waals surface area contributed by atoms with Gasteiger partial charge in [-0.2, -0.15) is 0 Å². The molecule has 4 heteroatoms. The van der Waals surface area contributed by atoms with E-state index in [0.717, 1.165) is 36.9 Å². The number of aliphatic hydroxyl groups is 1. The first kappa shape index (κ1) is 14.7. The van der Waals surface area contributed by atoms with Crippen molar-refractivity contribution in [3.63, 3.8) is 0 Å². The van der Waals surface area contributed by atoms with E-state index >= 15 is 0 Å². The number of unbranched alkanes of at least 4 members (excludes halogenated alkanes) is 1.